The van der Waals surface area contributed by atoms with E-state index in [1.54, 1.807) is 0 Å². The van der Waals surface area contributed by atoms with Crippen LogP contribution in [0.3, 0.4) is 0 Å². The predicted molar refractivity (Wildman–Crippen MR) is 436 cm³/mol. The van der Waals surface area contributed by atoms with Crippen LogP contribution in [0.15, 0.2) is 342 Å². The summed E-state index contributed by atoms with van der Waals surface area (Å²) in [5.41, 5.74) is 18.9. The number of anilines is 12. The average molecular weight is 1390 g/mol. The van der Waals surface area contributed by atoms with Crippen LogP contribution in [0.25, 0.3) is 132 Å². The van der Waals surface area contributed by atoms with Gasteiger partial charge in [-0.15, -0.1) is 0 Å². The lowest BCUT2D eigenvalue weighted by Gasteiger charge is -2.27. The summed E-state index contributed by atoms with van der Waals surface area (Å²) in [7, 11) is 0. The van der Waals surface area contributed by atoms with Gasteiger partial charge >= 0.3 is 0 Å². The summed E-state index contributed by atoms with van der Waals surface area (Å²) >= 11 is 0. The number of aromatic nitrogens is 12. The number of benzene rings is 8. The molecule has 12 heterocycles. The van der Waals surface area contributed by atoms with Crippen LogP contribution in [-0.2, 0) is 0 Å². The number of pyridine rings is 8. The Balaban J connectivity index is 1.12. The van der Waals surface area contributed by atoms with Crippen molar-refractivity contribution in [1.29, 1.82) is 0 Å². The van der Waals surface area contributed by atoms with Gasteiger partial charge in [0.2, 0.25) is 0 Å². The Bertz CT molecular complexity index is 5950. The molecule has 8 bridgehead atoms. The second-order valence-corrected chi connectivity index (χ2v) is 26.7. The lowest BCUT2D eigenvalue weighted by molar-refractivity contribution is 1.20. The molecule has 108 heavy (non-hydrogen) atoms. The molecule has 16 nitrogen and oxygen atoms in total. The average Bonchev–Trinajstić information content (AvgIpc) is 1.54. The van der Waals surface area contributed by atoms with E-state index >= 15 is 0 Å². The first-order valence-corrected chi connectivity index (χ1v) is 35.6. The summed E-state index contributed by atoms with van der Waals surface area (Å²) in [6.07, 6.45) is 29.6. The first-order valence-electron chi connectivity index (χ1n) is 35.6. The fourth-order valence-corrected chi connectivity index (χ4v) is 15.9. The normalized spacial score (nSPS) is 11.7. The summed E-state index contributed by atoms with van der Waals surface area (Å²) in [5, 5.41) is 11.9. The SMILES string of the molecule is c1ccc2cc3c(cc2c1)-c1nc-3c(N(c2ccncc2)c2ccncc2)c2[nH]c(c(N(c3ccncc3)c3ccncc3)c3nc(c(N(c4ccncc4)c4ccncc4)c4[nH]c(c1N(c1ccncc1)c1ccncc1)c1cc5ccccc5cc41)-c1cc4ccccc4cc1-3)c1cc3ccccc3cc21. The van der Waals surface area contributed by atoms with Crippen molar-refractivity contribution in [2.75, 3.05) is 19.6 Å². The molecule has 0 saturated carbocycles. The van der Waals surface area contributed by atoms with E-state index in [-0.39, 0.29) is 0 Å². The molecule has 0 unspecified atom stereocenters. The van der Waals surface area contributed by atoms with Crippen LogP contribution < -0.4 is 19.6 Å². The number of hydrogen-bond acceptors (Lipinski definition) is 14. The smallest absolute Gasteiger partial charge is 0.0979 e. The van der Waals surface area contributed by atoms with Gasteiger partial charge in [0.05, 0.1) is 67.6 Å². The largest absolute Gasteiger partial charge is 0.351 e. The van der Waals surface area contributed by atoms with Gasteiger partial charge in [0, 0.05) is 188 Å². The van der Waals surface area contributed by atoms with E-state index in [2.05, 4.69) is 312 Å². The molecular weight excluding hydrogens is 1330 g/mol. The third-order valence-corrected chi connectivity index (χ3v) is 20.7. The van der Waals surface area contributed by atoms with Gasteiger partial charge in [0.15, 0.2) is 0 Å². The van der Waals surface area contributed by atoms with Gasteiger partial charge in [0.1, 0.15) is 0 Å². The number of nitrogens with one attached hydrogen (secondary N) is 2. The highest BCUT2D eigenvalue weighted by Crippen LogP contribution is 2.58. The lowest BCUT2D eigenvalue weighted by atomic mass is 9.95. The van der Waals surface area contributed by atoms with Gasteiger partial charge in [0.25, 0.3) is 0 Å². The minimum absolute atomic E-state index is 0.680. The number of fused-ring (bicyclic) bond motifs is 4. The molecule has 3 aliphatic rings. The van der Waals surface area contributed by atoms with Gasteiger partial charge in [-0.2, -0.15) is 0 Å². The number of rotatable bonds is 12. The van der Waals surface area contributed by atoms with Crippen molar-refractivity contribution in [2.24, 2.45) is 0 Å². The molecular formula is C92H58N16. The van der Waals surface area contributed by atoms with E-state index in [1.165, 1.54) is 0 Å². The number of nitrogens with zero attached hydrogens (tertiary/aromatic N) is 14. The van der Waals surface area contributed by atoms with E-state index in [0.717, 1.165) is 177 Å². The molecule has 18 aromatic rings. The van der Waals surface area contributed by atoms with E-state index < -0.39 is 0 Å². The molecule has 21 rings (SSSR count). The second-order valence-electron chi connectivity index (χ2n) is 26.7. The van der Waals surface area contributed by atoms with Crippen molar-refractivity contribution in [3.05, 3.63) is 342 Å². The van der Waals surface area contributed by atoms with Gasteiger partial charge in [-0.05, 0) is 189 Å². The molecule has 0 radical (unpaired) electrons. The molecule has 2 N–H and O–H groups in total. The zero-order valence-electron chi connectivity index (χ0n) is 57.6. The van der Waals surface area contributed by atoms with Gasteiger partial charge in [-0.3, -0.25) is 39.9 Å². The van der Waals surface area contributed by atoms with Gasteiger partial charge in [-0.25, -0.2) is 9.97 Å². The van der Waals surface area contributed by atoms with Crippen LogP contribution in [0.4, 0.5) is 68.2 Å². The molecule has 0 atom stereocenters. The number of hydrogen-bond donors (Lipinski definition) is 2. The Labute approximate surface area is 617 Å². The predicted octanol–water partition coefficient (Wildman–Crippen LogP) is 22.9. The molecule has 2 aliphatic heterocycles. The second kappa shape index (κ2) is 25.4. The Morgan fingerprint density at radius 3 is 0.509 bits per heavy atom. The summed E-state index contributed by atoms with van der Waals surface area (Å²) in [4.78, 5) is 68.6. The van der Waals surface area contributed by atoms with Crippen molar-refractivity contribution >= 4 is 155 Å². The van der Waals surface area contributed by atoms with Crippen LogP contribution >= 0.6 is 0 Å². The topological polar surface area (TPSA) is 173 Å². The monoisotopic (exact) mass is 1390 g/mol. The van der Waals surface area contributed by atoms with Crippen LogP contribution in [0.2, 0.25) is 0 Å². The Morgan fingerprint density at radius 1 is 0.185 bits per heavy atom. The minimum atomic E-state index is 0.680. The quantitative estimate of drug-likeness (QED) is 0.118. The molecule has 0 saturated heterocycles. The van der Waals surface area contributed by atoms with Crippen LogP contribution in [0, 0.1) is 0 Å². The molecule has 10 aromatic heterocycles. The minimum Gasteiger partial charge on any atom is -0.351 e. The molecule has 0 amide bonds. The third-order valence-electron chi connectivity index (χ3n) is 20.7. The summed E-state index contributed by atoms with van der Waals surface area (Å²) in [6.45, 7) is 0. The standard InChI is InChI=1S/C92H58N16/c1-2-10-58-50-74-73(49-57(58)9-1)81-89(105(65-17-33-93-34-18-65)66-19-35-94-36-20-66)83-75-51-59-11-3-4-12-60(59)52-76(75)85(102-83)91(107(69-25-41-97-42-26-69)70-27-43-98-44-28-70)87-79-55-63-15-7-8-16-64(63)56-80(79)88(104-87)92(108(71-29-45-99-46-30-71)72-31-47-100-48-32-72)86-78-54-62-14-6-5-13-61(62)53-77(78)84(103-86)90(82(74)101-81)106(67-21-37-95-38-22-67)68-23-39-96-40-24-68/h1-56,101,104H. The van der Waals surface area contributed by atoms with E-state index in [9.17, 15) is 0 Å². The first-order chi connectivity index (χ1) is 53.6. The van der Waals surface area contributed by atoms with Crippen LogP contribution in [0.5, 0.6) is 0 Å². The maximum Gasteiger partial charge on any atom is 0.0979 e. The Kier molecular flexibility index (Phi) is 14.4. The fraction of sp³-hybridized carbons (Fsp3) is 0. The highest BCUT2D eigenvalue weighted by molar-refractivity contribution is 6.26. The lowest BCUT2D eigenvalue weighted by Crippen LogP contribution is -2.13. The van der Waals surface area contributed by atoms with Crippen LogP contribution in [-0.4, -0.2) is 59.8 Å². The molecule has 0 spiro atoms. The summed E-state index contributed by atoms with van der Waals surface area (Å²) in [6, 6.07) is 86.0. The zero-order valence-corrected chi connectivity index (χ0v) is 57.6. The molecule has 1 aliphatic carbocycles. The molecule has 0 fully saturated rings. The Morgan fingerprint density at radius 2 is 0.343 bits per heavy atom. The van der Waals surface area contributed by atoms with Crippen molar-refractivity contribution in [3.8, 4) is 45.0 Å². The molecule has 16 heteroatoms. The zero-order chi connectivity index (χ0) is 71.2. The highest BCUT2D eigenvalue weighted by Gasteiger charge is 2.36. The maximum atomic E-state index is 6.51. The van der Waals surface area contributed by atoms with E-state index in [1.807, 2.05) is 99.1 Å². The third kappa shape index (κ3) is 10.1. The van der Waals surface area contributed by atoms with Gasteiger partial charge < -0.3 is 29.6 Å². The van der Waals surface area contributed by atoms with E-state index in [0.29, 0.717) is 22.8 Å². The Hall–Kier alpha value is -15.2. The maximum absolute atomic E-state index is 6.51. The van der Waals surface area contributed by atoms with Crippen molar-refractivity contribution in [1.82, 2.24) is 59.8 Å². The molecule has 506 valence electrons. The summed E-state index contributed by atoms with van der Waals surface area (Å²) in [5.74, 6) is 0. The highest BCUT2D eigenvalue weighted by atomic mass is 15.2. The number of aromatic amines is 2. The van der Waals surface area contributed by atoms with Crippen molar-refractivity contribution < 1.29 is 0 Å². The fourth-order valence-electron chi connectivity index (χ4n) is 15.9. The first kappa shape index (κ1) is 61.5. The molecule has 8 aromatic carbocycles. The van der Waals surface area contributed by atoms with E-state index in [4.69, 9.17) is 9.97 Å². The van der Waals surface area contributed by atoms with Crippen LogP contribution in [0.1, 0.15) is 0 Å². The van der Waals surface area contributed by atoms with Crippen molar-refractivity contribution in [2.45, 2.75) is 0 Å². The summed E-state index contributed by atoms with van der Waals surface area (Å²) < 4.78 is 0. The van der Waals surface area contributed by atoms with Gasteiger partial charge in [-0.1, -0.05) is 97.1 Å². The number of H-pyrrole nitrogens is 2. The van der Waals surface area contributed by atoms with Crippen molar-refractivity contribution in [3.63, 3.8) is 0 Å².